The highest BCUT2D eigenvalue weighted by atomic mass is 32.1. The zero-order valence-corrected chi connectivity index (χ0v) is 16.6. The minimum atomic E-state index is -0.0956. The summed E-state index contributed by atoms with van der Waals surface area (Å²) in [5.41, 5.74) is 3.88. The number of thiazole rings is 1. The lowest BCUT2D eigenvalue weighted by Crippen LogP contribution is -2.13. The molecule has 1 amide bonds. The molecule has 0 aliphatic carbocycles. The van der Waals surface area contributed by atoms with Crippen molar-refractivity contribution in [2.24, 2.45) is 0 Å². The molecular formula is C20H18N4OS2. The van der Waals surface area contributed by atoms with Crippen molar-refractivity contribution >= 4 is 33.7 Å². The highest BCUT2D eigenvalue weighted by molar-refractivity contribution is 7.14. The third kappa shape index (κ3) is 3.99. The van der Waals surface area contributed by atoms with Gasteiger partial charge in [-0.15, -0.1) is 22.7 Å². The van der Waals surface area contributed by atoms with Gasteiger partial charge in [0, 0.05) is 26.9 Å². The van der Waals surface area contributed by atoms with Crippen LogP contribution in [0, 0.1) is 13.8 Å². The van der Waals surface area contributed by atoms with Crippen LogP contribution in [0.25, 0.3) is 16.9 Å². The molecule has 3 heterocycles. The van der Waals surface area contributed by atoms with Gasteiger partial charge in [-0.1, -0.05) is 18.2 Å². The number of amides is 1. The number of carbonyl (C=O) groups is 1. The fourth-order valence-corrected chi connectivity index (χ4v) is 4.52. The van der Waals surface area contributed by atoms with E-state index in [1.165, 1.54) is 21.1 Å². The maximum Gasteiger partial charge on any atom is 0.230 e. The van der Waals surface area contributed by atoms with Gasteiger partial charge in [0.1, 0.15) is 0 Å². The van der Waals surface area contributed by atoms with Crippen molar-refractivity contribution in [1.29, 1.82) is 0 Å². The van der Waals surface area contributed by atoms with E-state index in [1.54, 1.807) is 22.2 Å². The van der Waals surface area contributed by atoms with Crippen LogP contribution < -0.4 is 5.32 Å². The van der Waals surface area contributed by atoms with Crippen LogP contribution in [0.5, 0.6) is 0 Å². The Hall–Kier alpha value is -2.77. The third-order valence-electron chi connectivity index (χ3n) is 4.09. The van der Waals surface area contributed by atoms with Crippen LogP contribution >= 0.6 is 22.7 Å². The molecule has 4 aromatic rings. The number of carbonyl (C=O) groups excluding carboxylic acids is 1. The Kier molecular flexibility index (Phi) is 4.87. The summed E-state index contributed by atoms with van der Waals surface area (Å²) in [5.74, 6) is -0.0956. The van der Waals surface area contributed by atoms with Gasteiger partial charge in [-0.2, -0.15) is 5.10 Å². The second-order valence-corrected chi connectivity index (χ2v) is 8.54. The van der Waals surface area contributed by atoms with Crippen molar-refractivity contribution in [3.05, 3.63) is 69.5 Å². The van der Waals surface area contributed by atoms with Crippen molar-refractivity contribution < 1.29 is 4.79 Å². The monoisotopic (exact) mass is 394 g/mol. The van der Waals surface area contributed by atoms with E-state index >= 15 is 0 Å². The Morgan fingerprint density at radius 3 is 2.78 bits per heavy atom. The zero-order chi connectivity index (χ0) is 18.8. The second kappa shape index (κ2) is 7.46. The standard InChI is InChI=1S/C20H18N4OS2/c1-13-8-17(14(2)27-13)18-12-26-20(22-18)23-19(25)9-15-10-21-24(11-15)16-6-4-3-5-7-16/h3-8,10-12H,9H2,1-2H3,(H,22,23,25). The molecule has 0 fully saturated rings. The molecule has 0 radical (unpaired) electrons. The predicted octanol–water partition coefficient (Wildman–Crippen LogP) is 4.86. The van der Waals surface area contributed by atoms with Gasteiger partial charge in [0.15, 0.2) is 5.13 Å². The predicted molar refractivity (Wildman–Crippen MR) is 111 cm³/mol. The van der Waals surface area contributed by atoms with E-state index in [0.717, 1.165) is 22.5 Å². The Morgan fingerprint density at radius 1 is 1.22 bits per heavy atom. The number of para-hydroxylation sites is 1. The van der Waals surface area contributed by atoms with Crippen LogP contribution in [0.3, 0.4) is 0 Å². The number of nitrogens with one attached hydrogen (secondary N) is 1. The first-order valence-corrected chi connectivity index (χ1v) is 10.2. The van der Waals surface area contributed by atoms with E-state index < -0.39 is 0 Å². The molecule has 0 saturated carbocycles. The lowest BCUT2D eigenvalue weighted by Gasteiger charge is -2.00. The Bertz CT molecular complexity index is 1080. The van der Waals surface area contributed by atoms with E-state index in [4.69, 9.17) is 0 Å². The van der Waals surface area contributed by atoms with Gasteiger partial charge in [-0.25, -0.2) is 9.67 Å². The third-order valence-corrected chi connectivity index (χ3v) is 5.81. The molecule has 136 valence electrons. The highest BCUT2D eigenvalue weighted by Gasteiger charge is 2.12. The summed E-state index contributed by atoms with van der Waals surface area (Å²) in [6, 6.07) is 12.0. The van der Waals surface area contributed by atoms with Crippen LogP contribution in [0.4, 0.5) is 5.13 Å². The average Bonchev–Trinajstić information content (AvgIpc) is 3.36. The van der Waals surface area contributed by atoms with Gasteiger partial charge >= 0.3 is 0 Å². The molecule has 0 saturated heterocycles. The first-order chi connectivity index (χ1) is 13.1. The second-order valence-electron chi connectivity index (χ2n) is 6.22. The maximum atomic E-state index is 12.4. The van der Waals surface area contributed by atoms with Gasteiger partial charge in [-0.3, -0.25) is 4.79 Å². The summed E-state index contributed by atoms with van der Waals surface area (Å²) in [6.45, 7) is 4.18. The summed E-state index contributed by atoms with van der Waals surface area (Å²) < 4.78 is 1.77. The van der Waals surface area contributed by atoms with Crippen LogP contribution in [0.2, 0.25) is 0 Å². The Morgan fingerprint density at radius 2 is 2.04 bits per heavy atom. The number of aryl methyl sites for hydroxylation is 2. The van der Waals surface area contributed by atoms with Gasteiger partial charge in [-0.05, 0) is 37.6 Å². The molecule has 1 aromatic carbocycles. The normalized spacial score (nSPS) is 10.9. The summed E-state index contributed by atoms with van der Waals surface area (Å²) in [4.78, 5) is 19.4. The van der Waals surface area contributed by atoms with E-state index in [2.05, 4.69) is 35.3 Å². The molecule has 0 atom stereocenters. The van der Waals surface area contributed by atoms with Gasteiger partial charge in [0.25, 0.3) is 0 Å². The minimum absolute atomic E-state index is 0.0956. The van der Waals surface area contributed by atoms with Crippen LogP contribution in [0.1, 0.15) is 15.3 Å². The number of hydrogen-bond acceptors (Lipinski definition) is 5. The minimum Gasteiger partial charge on any atom is -0.302 e. The SMILES string of the molecule is Cc1cc(-c2csc(NC(=O)Cc3cnn(-c4ccccc4)c3)n2)c(C)s1. The van der Waals surface area contributed by atoms with E-state index in [0.29, 0.717) is 5.13 Å². The summed E-state index contributed by atoms with van der Waals surface area (Å²) in [5, 5.41) is 9.82. The molecule has 1 N–H and O–H groups in total. The van der Waals surface area contributed by atoms with Gasteiger partial charge in [0.2, 0.25) is 5.91 Å². The van der Waals surface area contributed by atoms with E-state index in [-0.39, 0.29) is 12.3 Å². The molecule has 0 spiro atoms. The largest absolute Gasteiger partial charge is 0.302 e. The fraction of sp³-hybridized carbons (Fsp3) is 0.150. The van der Waals surface area contributed by atoms with Crippen molar-refractivity contribution in [3.8, 4) is 16.9 Å². The molecule has 7 heteroatoms. The Balaban J connectivity index is 1.42. The van der Waals surface area contributed by atoms with Gasteiger partial charge < -0.3 is 5.32 Å². The molecule has 0 aliphatic heterocycles. The molecule has 0 unspecified atom stereocenters. The van der Waals surface area contributed by atoms with E-state index in [1.807, 2.05) is 41.9 Å². The molecule has 5 nitrogen and oxygen atoms in total. The molecule has 3 aromatic heterocycles. The van der Waals surface area contributed by atoms with Crippen LogP contribution in [-0.4, -0.2) is 20.7 Å². The maximum absolute atomic E-state index is 12.4. The van der Waals surface area contributed by atoms with Crippen LogP contribution in [0.15, 0.2) is 54.2 Å². The molecule has 27 heavy (non-hydrogen) atoms. The lowest BCUT2D eigenvalue weighted by atomic mass is 10.2. The fourth-order valence-electron chi connectivity index (χ4n) is 2.86. The van der Waals surface area contributed by atoms with Gasteiger partial charge in [0.05, 0.1) is 24.0 Å². The summed E-state index contributed by atoms with van der Waals surface area (Å²) in [7, 11) is 0. The smallest absolute Gasteiger partial charge is 0.230 e. The van der Waals surface area contributed by atoms with E-state index in [9.17, 15) is 4.79 Å². The van der Waals surface area contributed by atoms with Crippen molar-refractivity contribution in [1.82, 2.24) is 14.8 Å². The number of nitrogens with zero attached hydrogens (tertiary/aromatic N) is 3. The van der Waals surface area contributed by atoms with Crippen molar-refractivity contribution in [2.45, 2.75) is 20.3 Å². The number of anilines is 1. The number of aromatic nitrogens is 3. The topological polar surface area (TPSA) is 59.8 Å². The Labute approximate surface area is 165 Å². The molecule has 0 aliphatic rings. The van der Waals surface area contributed by atoms with Crippen molar-refractivity contribution in [3.63, 3.8) is 0 Å². The molecule has 0 bridgehead atoms. The summed E-state index contributed by atoms with van der Waals surface area (Å²) >= 11 is 3.20. The van der Waals surface area contributed by atoms with Crippen molar-refractivity contribution in [2.75, 3.05) is 5.32 Å². The number of rotatable bonds is 5. The first kappa shape index (κ1) is 17.6. The zero-order valence-electron chi connectivity index (χ0n) is 15.0. The van der Waals surface area contributed by atoms with Crippen LogP contribution in [-0.2, 0) is 11.2 Å². The quantitative estimate of drug-likeness (QED) is 0.526. The molecule has 4 rings (SSSR count). The average molecular weight is 395 g/mol. The molecular weight excluding hydrogens is 376 g/mol. The summed E-state index contributed by atoms with van der Waals surface area (Å²) in [6.07, 6.45) is 3.86. The number of benzene rings is 1. The number of hydrogen-bond donors (Lipinski definition) is 1. The lowest BCUT2D eigenvalue weighted by molar-refractivity contribution is -0.115. The highest BCUT2D eigenvalue weighted by Crippen LogP contribution is 2.32. The number of thiophene rings is 1. The first-order valence-electron chi connectivity index (χ1n) is 8.50.